The molecule has 0 saturated carbocycles. The number of nitrogens with zero attached hydrogens (tertiary/aromatic N) is 2. The summed E-state index contributed by atoms with van der Waals surface area (Å²) >= 11 is 12.0. The van der Waals surface area contributed by atoms with Gasteiger partial charge in [0.1, 0.15) is 11.3 Å². The standard InChI is InChI=1S/C16H10Cl2N2O4/c17-9-5-6-10(12(18)7-9)15-19-14(24-20-15)8-23-13-4-2-1-3-11(13)16(21)22/h1-7H,8H2,(H,21,22). The Balaban J connectivity index is 1.77. The van der Waals surface area contributed by atoms with Gasteiger partial charge in [-0.1, -0.05) is 40.5 Å². The van der Waals surface area contributed by atoms with Crippen LogP contribution in [-0.2, 0) is 6.61 Å². The first-order chi connectivity index (χ1) is 11.5. The van der Waals surface area contributed by atoms with Gasteiger partial charge in [0.05, 0.1) is 5.02 Å². The lowest BCUT2D eigenvalue weighted by molar-refractivity contribution is 0.0691. The van der Waals surface area contributed by atoms with Gasteiger partial charge < -0.3 is 14.4 Å². The van der Waals surface area contributed by atoms with Crippen molar-refractivity contribution < 1.29 is 19.2 Å². The predicted molar refractivity (Wildman–Crippen MR) is 87.5 cm³/mol. The van der Waals surface area contributed by atoms with Gasteiger partial charge in [0.15, 0.2) is 6.61 Å². The summed E-state index contributed by atoms with van der Waals surface area (Å²) in [7, 11) is 0. The minimum atomic E-state index is -1.08. The molecule has 122 valence electrons. The summed E-state index contributed by atoms with van der Waals surface area (Å²) in [5.74, 6) is -0.378. The molecule has 0 aliphatic heterocycles. The van der Waals surface area contributed by atoms with Crippen molar-refractivity contribution in [3.05, 3.63) is 64.0 Å². The third-order valence-corrected chi connectivity index (χ3v) is 3.66. The number of ether oxygens (including phenoxy) is 1. The summed E-state index contributed by atoms with van der Waals surface area (Å²) in [4.78, 5) is 15.3. The molecule has 0 radical (unpaired) electrons. The zero-order valence-corrected chi connectivity index (χ0v) is 13.6. The maximum Gasteiger partial charge on any atom is 0.339 e. The van der Waals surface area contributed by atoms with Crippen LogP contribution in [0.1, 0.15) is 16.2 Å². The number of hydrogen-bond donors (Lipinski definition) is 1. The van der Waals surface area contributed by atoms with Crippen molar-refractivity contribution in [1.82, 2.24) is 10.1 Å². The molecule has 6 nitrogen and oxygen atoms in total. The molecule has 0 aliphatic rings. The first-order valence-corrected chi connectivity index (χ1v) is 7.53. The fourth-order valence-electron chi connectivity index (χ4n) is 2.00. The summed E-state index contributed by atoms with van der Waals surface area (Å²) in [5.41, 5.74) is 0.625. The summed E-state index contributed by atoms with van der Waals surface area (Å²) in [6.45, 7) is -0.0670. The second-order valence-electron chi connectivity index (χ2n) is 4.73. The largest absolute Gasteiger partial charge is 0.483 e. The Hall–Kier alpha value is -2.57. The highest BCUT2D eigenvalue weighted by atomic mass is 35.5. The fourth-order valence-corrected chi connectivity index (χ4v) is 2.50. The van der Waals surface area contributed by atoms with Crippen LogP contribution < -0.4 is 4.74 Å². The molecule has 1 heterocycles. The molecule has 0 amide bonds. The number of carbonyl (C=O) groups is 1. The molecule has 1 aromatic heterocycles. The van der Waals surface area contributed by atoms with Crippen LogP contribution in [0.25, 0.3) is 11.4 Å². The Labute approximate surface area is 146 Å². The van der Waals surface area contributed by atoms with Gasteiger partial charge in [0.25, 0.3) is 5.89 Å². The number of carboxylic acid groups (broad SMARTS) is 1. The number of hydrogen-bond acceptors (Lipinski definition) is 5. The van der Waals surface area contributed by atoms with Gasteiger partial charge in [0, 0.05) is 10.6 Å². The molecular weight excluding hydrogens is 355 g/mol. The molecule has 0 fully saturated rings. The molecule has 0 unspecified atom stereocenters. The Kier molecular flexibility index (Phi) is 4.69. The lowest BCUT2D eigenvalue weighted by Gasteiger charge is -2.06. The van der Waals surface area contributed by atoms with Crippen molar-refractivity contribution in [2.45, 2.75) is 6.61 Å². The molecule has 3 rings (SSSR count). The molecule has 0 spiro atoms. The van der Waals surface area contributed by atoms with Crippen LogP contribution >= 0.6 is 23.2 Å². The van der Waals surface area contributed by atoms with E-state index in [4.69, 9.17) is 37.6 Å². The molecule has 0 bridgehead atoms. The van der Waals surface area contributed by atoms with Crippen molar-refractivity contribution in [3.63, 3.8) is 0 Å². The zero-order valence-electron chi connectivity index (χ0n) is 12.1. The van der Waals surface area contributed by atoms with Crippen LogP contribution in [0.3, 0.4) is 0 Å². The Morgan fingerprint density at radius 2 is 2.00 bits per heavy atom. The number of carboxylic acids is 1. The van der Waals surface area contributed by atoms with Gasteiger partial charge in [-0.25, -0.2) is 4.79 Å². The topological polar surface area (TPSA) is 85.5 Å². The van der Waals surface area contributed by atoms with Gasteiger partial charge in [-0.05, 0) is 30.3 Å². The van der Waals surface area contributed by atoms with Crippen LogP contribution in [0.2, 0.25) is 10.0 Å². The summed E-state index contributed by atoms with van der Waals surface area (Å²) in [6.07, 6.45) is 0. The monoisotopic (exact) mass is 364 g/mol. The average Bonchev–Trinajstić information content (AvgIpc) is 3.01. The molecule has 0 saturated heterocycles. The number of aromatic carboxylic acids is 1. The minimum absolute atomic E-state index is 0.0537. The van der Waals surface area contributed by atoms with Gasteiger partial charge in [-0.2, -0.15) is 4.98 Å². The van der Waals surface area contributed by atoms with Crippen molar-refractivity contribution in [1.29, 1.82) is 0 Å². The van der Waals surface area contributed by atoms with Crippen molar-refractivity contribution in [2.24, 2.45) is 0 Å². The number of aromatic nitrogens is 2. The first-order valence-electron chi connectivity index (χ1n) is 6.77. The van der Waals surface area contributed by atoms with E-state index in [-0.39, 0.29) is 23.8 Å². The maximum atomic E-state index is 11.1. The molecule has 24 heavy (non-hydrogen) atoms. The van der Waals surface area contributed by atoms with Crippen molar-refractivity contribution in [2.75, 3.05) is 0 Å². The quantitative estimate of drug-likeness (QED) is 0.725. The second kappa shape index (κ2) is 6.90. The minimum Gasteiger partial charge on any atom is -0.483 e. The zero-order chi connectivity index (χ0) is 17.1. The summed E-state index contributed by atoms with van der Waals surface area (Å²) < 4.78 is 10.6. The number of benzene rings is 2. The van der Waals surface area contributed by atoms with Crippen LogP contribution in [-0.4, -0.2) is 21.2 Å². The Morgan fingerprint density at radius 3 is 2.75 bits per heavy atom. The predicted octanol–water partition coefficient (Wildman–Crippen LogP) is 4.32. The average molecular weight is 365 g/mol. The van der Waals surface area contributed by atoms with Gasteiger partial charge in [-0.15, -0.1) is 0 Å². The lowest BCUT2D eigenvalue weighted by Crippen LogP contribution is -2.03. The molecular formula is C16H10Cl2N2O4. The van der Waals surface area contributed by atoms with Gasteiger partial charge in [0.2, 0.25) is 5.82 Å². The fraction of sp³-hybridized carbons (Fsp3) is 0.0625. The number of halogens is 2. The van der Waals surface area contributed by atoms with E-state index in [0.717, 1.165) is 0 Å². The molecule has 8 heteroatoms. The van der Waals surface area contributed by atoms with E-state index in [1.165, 1.54) is 6.07 Å². The van der Waals surface area contributed by atoms with E-state index < -0.39 is 5.97 Å². The number of rotatable bonds is 5. The van der Waals surface area contributed by atoms with E-state index in [9.17, 15) is 4.79 Å². The van der Waals surface area contributed by atoms with E-state index in [1.807, 2.05) is 0 Å². The van der Waals surface area contributed by atoms with Crippen molar-refractivity contribution in [3.8, 4) is 17.1 Å². The van der Waals surface area contributed by atoms with E-state index in [1.54, 1.807) is 36.4 Å². The molecule has 1 N–H and O–H groups in total. The third kappa shape index (κ3) is 3.50. The first kappa shape index (κ1) is 16.3. The van der Waals surface area contributed by atoms with Crippen LogP contribution in [0, 0.1) is 0 Å². The maximum absolute atomic E-state index is 11.1. The van der Waals surface area contributed by atoms with E-state index >= 15 is 0 Å². The number of para-hydroxylation sites is 1. The Morgan fingerprint density at radius 1 is 1.21 bits per heavy atom. The normalized spacial score (nSPS) is 10.6. The second-order valence-corrected chi connectivity index (χ2v) is 5.57. The smallest absolute Gasteiger partial charge is 0.339 e. The Bertz CT molecular complexity index is 895. The van der Waals surface area contributed by atoms with Gasteiger partial charge in [-0.3, -0.25) is 0 Å². The van der Waals surface area contributed by atoms with Crippen LogP contribution in [0.5, 0.6) is 5.75 Å². The summed E-state index contributed by atoms with van der Waals surface area (Å²) in [6, 6.07) is 11.2. The molecule has 0 atom stereocenters. The van der Waals surface area contributed by atoms with Crippen LogP contribution in [0.15, 0.2) is 47.0 Å². The summed E-state index contributed by atoms with van der Waals surface area (Å²) in [5, 5.41) is 13.8. The highest BCUT2D eigenvalue weighted by Gasteiger charge is 2.14. The lowest BCUT2D eigenvalue weighted by atomic mass is 10.2. The van der Waals surface area contributed by atoms with Gasteiger partial charge >= 0.3 is 5.97 Å². The van der Waals surface area contributed by atoms with Crippen molar-refractivity contribution >= 4 is 29.2 Å². The van der Waals surface area contributed by atoms with E-state index in [0.29, 0.717) is 21.4 Å². The SMILES string of the molecule is O=C(O)c1ccccc1OCc1nc(-c2ccc(Cl)cc2Cl)no1. The highest BCUT2D eigenvalue weighted by molar-refractivity contribution is 6.36. The molecule has 3 aromatic rings. The highest BCUT2D eigenvalue weighted by Crippen LogP contribution is 2.28. The molecule has 0 aliphatic carbocycles. The van der Waals surface area contributed by atoms with Crippen LogP contribution in [0.4, 0.5) is 0 Å². The molecule has 2 aromatic carbocycles. The third-order valence-electron chi connectivity index (χ3n) is 3.11. The van der Waals surface area contributed by atoms with E-state index in [2.05, 4.69) is 10.1 Å².